The van der Waals surface area contributed by atoms with Crippen LogP contribution >= 0.6 is 0 Å². The number of nitrogens with one attached hydrogen (secondary N) is 1. The van der Waals surface area contributed by atoms with Crippen LogP contribution in [0.1, 0.15) is 13.3 Å². The van der Waals surface area contributed by atoms with E-state index in [0.29, 0.717) is 45.1 Å². The van der Waals surface area contributed by atoms with Gasteiger partial charge in [-0.2, -0.15) is 10.1 Å². The number of allylic oxidation sites excluding steroid dienone is 2. The van der Waals surface area contributed by atoms with Crippen molar-refractivity contribution in [3.63, 3.8) is 0 Å². The highest BCUT2D eigenvalue weighted by molar-refractivity contribution is 5.65. The minimum absolute atomic E-state index is 0.0286. The highest BCUT2D eigenvalue weighted by Crippen LogP contribution is 2.21. The molecule has 9 heteroatoms. The van der Waals surface area contributed by atoms with Crippen molar-refractivity contribution in [3.8, 4) is 0 Å². The van der Waals surface area contributed by atoms with E-state index in [2.05, 4.69) is 20.5 Å². The number of halogens is 1. The zero-order valence-corrected chi connectivity index (χ0v) is 14.6. The molecule has 1 aromatic rings. The van der Waals surface area contributed by atoms with E-state index in [1.807, 2.05) is 11.8 Å². The average Bonchev–Trinajstić information content (AvgIpc) is 2.66. The van der Waals surface area contributed by atoms with E-state index in [9.17, 15) is 9.50 Å². The second kappa shape index (κ2) is 8.61. The molecule has 140 valence electrons. The van der Waals surface area contributed by atoms with Crippen molar-refractivity contribution in [3.05, 3.63) is 35.7 Å². The fourth-order valence-electron chi connectivity index (χ4n) is 2.68. The number of morpholine rings is 1. The molecule has 2 aliphatic rings. The maximum atomic E-state index is 14.0. The topological polar surface area (TPSA) is 92.1 Å². The normalized spacial score (nSPS) is 20.7. The largest absolute Gasteiger partial charge is 0.504 e. The highest BCUT2D eigenvalue weighted by Gasteiger charge is 2.18. The number of hydrogen-bond donors (Lipinski definition) is 2. The standard InChI is InChI=1S/C17H22FN5O3/c1-2-26-15-9-12(3-4-14(15)24)10-20-22-17-19-11-13(18)16(21-17)23-5-7-25-8-6-23/h4,9-12,24H,2-3,5-8H2,1H3,(H,19,21,22)/b20-10-. The Morgan fingerprint density at radius 2 is 2.31 bits per heavy atom. The van der Waals surface area contributed by atoms with Gasteiger partial charge in [0.15, 0.2) is 23.2 Å². The molecule has 8 nitrogen and oxygen atoms in total. The third-order valence-electron chi connectivity index (χ3n) is 3.97. The zero-order valence-electron chi connectivity index (χ0n) is 14.6. The van der Waals surface area contributed by atoms with E-state index < -0.39 is 5.82 Å². The van der Waals surface area contributed by atoms with Gasteiger partial charge in [0.05, 0.1) is 26.0 Å². The molecule has 1 aliphatic heterocycles. The van der Waals surface area contributed by atoms with Crippen LogP contribution in [0.15, 0.2) is 35.0 Å². The van der Waals surface area contributed by atoms with Gasteiger partial charge in [-0.3, -0.25) is 0 Å². The molecule has 0 radical (unpaired) electrons. The summed E-state index contributed by atoms with van der Waals surface area (Å²) in [5, 5.41) is 13.9. The molecule has 3 rings (SSSR count). The average molecular weight is 363 g/mol. The summed E-state index contributed by atoms with van der Waals surface area (Å²) in [6.45, 7) is 4.58. The first-order valence-corrected chi connectivity index (χ1v) is 8.56. The maximum Gasteiger partial charge on any atom is 0.245 e. The molecule has 0 saturated carbocycles. The lowest BCUT2D eigenvalue weighted by Gasteiger charge is -2.27. The number of aromatic nitrogens is 2. The van der Waals surface area contributed by atoms with Gasteiger partial charge in [-0.05, 0) is 25.5 Å². The second-order valence-electron chi connectivity index (χ2n) is 5.81. The molecular formula is C17H22FN5O3. The Hall–Kier alpha value is -2.68. The zero-order chi connectivity index (χ0) is 18.4. The van der Waals surface area contributed by atoms with Crippen molar-refractivity contribution in [1.82, 2.24) is 9.97 Å². The van der Waals surface area contributed by atoms with Crippen LogP contribution in [0.3, 0.4) is 0 Å². The Kier molecular flexibility index (Phi) is 6.00. The van der Waals surface area contributed by atoms with E-state index in [1.54, 1.807) is 18.4 Å². The van der Waals surface area contributed by atoms with Crippen LogP contribution in [0.5, 0.6) is 0 Å². The van der Waals surface area contributed by atoms with E-state index in [-0.39, 0.29) is 23.4 Å². The quantitative estimate of drug-likeness (QED) is 0.591. The van der Waals surface area contributed by atoms with Crippen LogP contribution in [0.4, 0.5) is 16.2 Å². The summed E-state index contributed by atoms with van der Waals surface area (Å²) in [5.74, 6) is 0.541. The van der Waals surface area contributed by atoms with Gasteiger partial charge in [0.2, 0.25) is 5.95 Å². The maximum absolute atomic E-state index is 14.0. The third-order valence-corrected chi connectivity index (χ3v) is 3.97. The van der Waals surface area contributed by atoms with Crippen molar-refractivity contribution in [2.75, 3.05) is 43.2 Å². The first-order valence-electron chi connectivity index (χ1n) is 8.56. The summed E-state index contributed by atoms with van der Waals surface area (Å²) in [5.41, 5.74) is 2.73. The molecule has 0 bridgehead atoms. The minimum Gasteiger partial charge on any atom is -0.504 e. The number of anilines is 2. The van der Waals surface area contributed by atoms with E-state index in [1.165, 1.54) is 0 Å². The number of hydrazone groups is 1. The fourth-order valence-corrected chi connectivity index (χ4v) is 2.68. The van der Waals surface area contributed by atoms with E-state index in [0.717, 1.165) is 6.20 Å². The molecule has 1 aromatic heterocycles. The molecule has 0 spiro atoms. The van der Waals surface area contributed by atoms with Gasteiger partial charge >= 0.3 is 0 Å². The van der Waals surface area contributed by atoms with Gasteiger partial charge < -0.3 is 19.5 Å². The Bertz CT molecular complexity index is 716. The van der Waals surface area contributed by atoms with E-state index >= 15 is 0 Å². The summed E-state index contributed by atoms with van der Waals surface area (Å²) in [4.78, 5) is 9.94. The van der Waals surface area contributed by atoms with Gasteiger partial charge in [0.25, 0.3) is 0 Å². The van der Waals surface area contributed by atoms with Crippen LogP contribution < -0.4 is 10.3 Å². The molecule has 0 aromatic carbocycles. The predicted octanol–water partition coefficient (Wildman–Crippen LogP) is 2.23. The Balaban J connectivity index is 1.63. The van der Waals surface area contributed by atoms with Crippen LogP contribution in [-0.4, -0.2) is 54.2 Å². The first kappa shape index (κ1) is 18.1. The molecular weight excluding hydrogens is 341 g/mol. The summed E-state index contributed by atoms with van der Waals surface area (Å²) < 4.78 is 24.6. The summed E-state index contributed by atoms with van der Waals surface area (Å²) in [7, 11) is 0. The number of hydrogen-bond acceptors (Lipinski definition) is 8. The summed E-state index contributed by atoms with van der Waals surface area (Å²) in [6.07, 6.45) is 6.89. The van der Waals surface area contributed by atoms with Crippen molar-refractivity contribution in [2.45, 2.75) is 13.3 Å². The Labute approximate surface area is 151 Å². The van der Waals surface area contributed by atoms with Crippen LogP contribution in [0.2, 0.25) is 0 Å². The number of ether oxygens (including phenoxy) is 2. The summed E-state index contributed by atoms with van der Waals surface area (Å²) >= 11 is 0. The molecule has 26 heavy (non-hydrogen) atoms. The number of nitrogens with zero attached hydrogens (tertiary/aromatic N) is 4. The number of rotatable bonds is 6. The molecule has 0 amide bonds. The molecule has 1 fully saturated rings. The van der Waals surface area contributed by atoms with E-state index in [4.69, 9.17) is 9.47 Å². The van der Waals surface area contributed by atoms with Crippen LogP contribution in [0.25, 0.3) is 0 Å². The molecule has 2 N–H and O–H groups in total. The van der Waals surface area contributed by atoms with Crippen molar-refractivity contribution >= 4 is 18.0 Å². The SMILES string of the molecule is CCOC1=CC(/C=N\Nc2ncc(F)c(N3CCOCC3)n2)CC=C1O. The minimum atomic E-state index is -0.474. The summed E-state index contributed by atoms with van der Waals surface area (Å²) in [6, 6.07) is 0. The lowest BCUT2D eigenvalue weighted by Crippen LogP contribution is -2.37. The van der Waals surface area contributed by atoms with Crippen molar-refractivity contribution in [2.24, 2.45) is 11.0 Å². The second-order valence-corrected chi connectivity index (χ2v) is 5.81. The highest BCUT2D eigenvalue weighted by atomic mass is 19.1. The molecule has 1 aliphatic carbocycles. The smallest absolute Gasteiger partial charge is 0.245 e. The molecule has 1 unspecified atom stereocenters. The fraction of sp³-hybridized carbons (Fsp3) is 0.471. The van der Waals surface area contributed by atoms with Gasteiger partial charge in [-0.15, -0.1) is 0 Å². The predicted molar refractivity (Wildman–Crippen MR) is 95.7 cm³/mol. The van der Waals surface area contributed by atoms with Crippen LogP contribution in [0, 0.1) is 11.7 Å². The Morgan fingerprint density at radius 1 is 1.50 bits per heavy atom. The number of aliphatic hydroxyl groups is 1. The van der Waals surface area contributed by atoms with Gasteiger partial charge in [-0.1, -0.05) is 0 Å². The molecule has 1 atom stereocenters. The monoisotopic (exact) mass is 363 g/mol. The van der Waals surface area contributed by atoms with Crippen molar-refractivity contribution in [1.29, 1.82) is 0 Å². The lowest BCUT2D eigenvalue weighted by atomic mass is 10.0. The Morgan fingerprint density at radius 3 is 3.08 bits per heavy atom. The lowest BCUT2D eigenvalue weighted by molar-refractivity contribution is 0.122. The molecule has 2 heterocycles. The third kappa shape index (κ3) is 4.48. The van der Waals surface area contributed by atoms with Gasteiger partial charge in [0.1, 0.15) is 0 Å². The van der Waals surface area contributed by atoms with Gasteiger partial charge in [-0.25, -0.2) is 14.8 Å². The first-order chi connectivity index (χ1) is 12.7. The van der Waals surface area contributed by atoms with Crippen molar-refractivity contribution < 1.29 is 19.0 Å². The molecule has 1 saturated heterocycles. The van der Waals surface area contributed by atoms with Gasteiger partial charge in [0, 0.05) is 25.2 Å². The van der Waals surface area contributed by atoms with Crippen LogP contribution in [-0.2, 0) is 9.47 Å². The number of aliphatic hydroxyl groups excluding tert-OH is 1.